The molecule has 3 nitrogen and oxygen atoms in total. The molecule has 19 heavy (non-hydrogen) atoms. The summed E-state index contributed by atoms with van der Waals surface area (Å²) in [6.07, 6.45) is 5.54. The molecule has 1 aromatic rings. The van der Waals surface area contributed by atoms with Gasteiger partial charge in [0, 0.05) is 11.0 Å². The highest BCUT2D eigenvalue weighted by molar-refractivity contribution is 9.10. The Morgan fingerprint density at radius 2 is 1.79 bits per heavy atom. The molecule has 0 amide bonds. The normalized spacial score (nSPS) is 15.7. The quantitative estimate of drug-likeness (QED) is 0.863. The van der Waals surface area contributed by atoms with Crippen LogP contribution in [0.2, 0.25) is 0 Å². The lowest BCUT2D eigenvalue weighted by molar-refractivity contribution is 0.354. The van der Waals surface area contributed by atoms with Crippen molar-refractivity contribution in [3.05, 3.63) is 22.2 Å². The molecule has 106 valence electrons. The van der Waals surface area contributed by atoms with Gasteiger partial charge in [0.1, 0.15) is 0 Å². The molecule has 1 saturated carbocycles. The predicted molar refractivity (Wildman–Crippen MR) is 80.9 cm³/mol. The molecule has 1 fully saturated rings. The maximum Gasteiger partial charge on any atom is 0.161 e. The fourth-order valence-corrected chi connectivity index (χ4v) is 3.12. The Balaban J connectivity index is 1.95. The van der Waals surface area contributed by atoms with Gasteiger partial charge >= 0.3 is 0 Å². The molecule has 0 atom stereocenters. The summed E-state index contributed by atoms with van der Waals surface area (Å²) < 4.78 is 11.7. The zero-order valence-electron chi connectivity index (χ0n) is 11.7. The van der Waals surface area contributed by atoms with Gasteiger partial charge in [-0.2, -0.15) is 0 Å². The van der Waals surface area contributed by atoms with Gasteiger partial charge in [0.2, 0.25) is 0 Å². The minimum Gasteiger partial charge on any atom is -0.493 e. The lowest BCUT2D eigenvalue weighted by atomic mass is 10.1. The van der Waals surface area contributed by atoms with Gasteiger partial charge in [0.15, 0.2) is 11.5 Å². The molecule has 0 aromatic heterocycles. The average Bonchev–Trinajstić information content (AvgIpc) is 2.93. The number of methoxy groups -OCH3 is 2. The molecule has 1 aliphatic carbocycles. The van der Waals surface area contributed by atoms with Gasteiger partial charge < -0.3 is 14.8 Å². The van der Waals surface area contributed by atoms with Crippen molar-refractivity contribution in [2.75, 3.05) is 20.8 Å². The molecule has 1 aromatic carbocycles. The van der Waals surface area contributed by atoms with Crippen LogP contribution in [0, 0.1) is 5.92 Å². The molecule has 0 radical (unpaired) electrons. The van der Waals surface area contributed by atoms with Crippen LogP contribution in [-0.4, -0.2) is 20.8 Å². The van der Waals surface area contributed by atoms with Gasteiger partial charge in [-0.3, -0.25) is 0 Å². The Bertz CT molecular complexity index is 417. The molecular weight excluding hydrogens is 306 g/mol. The summed E-state index contributed by atoms with van der Waals surface area (Å²) in [5.74, 6) is 2.40. The first-order valence-electron chi connectivity index (χ1n) is 6.85. The average molecular weight is 328 g/mol. The largest absolute Gasteiger partial charge is 0.493 e. The van der Waals surface area contributed by atoms with E-state index in [0.29, 0.717) is 0 Å². The number of ether oxygens (including phenoxy) is 2. The Labute approximate surface area is 123 Å². The summed E-state index contributed by atoms with van der Waals surface area (Å²) in [6.45, 7) is 1.97. The van der Waals surface area contributed by atoms with Crippen LogP contribution in [-0.2, 0) is 6.54 Å². The van der Waals surface area contributed by atoms with Gasteiger partial charge in [0.25, 0.3) is 0 Å². The van der Waals surface area contributed by atoms with Gasteiger partial charge in [-0.25, -0.2) is 0 Å². The molecule has 2 rings (SSSR count). The van der Waals surface area contributed by atoms with Gasteiger partial charge in [-0.15, -0.1) is 0 Å². The Morgan fingerprint density at radius 1 is 1.16 bits per heavy atom. The number of hydrogen-bond donors (Lipinski definition) is 1. The van der Waals surface area contributed by atoms with Crippen molar-refractivity contribution in [1.29, 1.82) is 0 Å². The topological polar surface area (TPSA) is 30.5 Å². The number of nitrogens with one attached hydrogen (secondary N) is 1. The van der Waals surface area contributed by atoms with E-state index in [4.69, 9.17) is 9.47 Å². The lowest BCUT2D eigenvalue weighted by Gasteiger charge is -2.14. The summed E-state index contributed by atoms with van der Waals surface area (Å²) >= 11 is 3.59. The second-order valence-electron chi connectivity index (χ2n) is 5.08. The van der Waals surface area contributed by atoms with Crippen molar-refractivity contribution >= 4 is 15.9 Å². The van der Waals surface area contributed by atoms with Crippen LogP contribution < -0.4 is 14.8 Å². The highest BCUT2D eigenvalue weighted by Gasteiger charge is 2.15. The zero-order chi connectivity index (χ0) is 13.7. The third kappa shape index (κ3) is 3.86. The standard InChI is InChI=1S/C15H22BrNO2/c1-18-14-7-12(13(16)8-15(14)19-2)10-17-9-11-5-3-4-6-11/h7-8,11,17H,3-6,9-10H2,1-2H3. The highest BCUT2D eigenvalue weighted by atomic mass is 79.9. The second kappa shape index (κ2) is 7.15. The molecule has 0 heterocycles. The van der Waals surface area contributed by atoms with E-state index in [0.717, 1.165) is 35.0 Å². The number of benzene rings is 1. The Morgan fingerprint density at radius 3 is 2.42 bits per heavy atom. The molecule has 4 heteroatoms. The Kier molecular flexibility index (Phi) is 5.52. The van der Waals surface area contributed by atoms with Crippen LogP contribution in [0.3, 0.4) is 0 Å². The first kappa shape index (κ1) is 14.7. The first-order chi connectivity index (χ1) is 9.24. The SMILES string of the molecule is COc1cc(Br)c(CNCC2CCCC2)cc1OC. The van der Waals surface area contributed by atoms with Crippen LogP contribution in [0.15, 0.2) is 16.6 Å². The highest BCUT2D eigenvalue weighted by Crippen LogP contribution is 2.33. The number of halogens is 1. The van der Waals surface area contributed by atoms with Crippen LogP contribution in [0.4, 0.5) is 0 Å². The smallest absolute Gasteiger partial charge is 0.161 e. The maximum absolute atomic E-state index is 5.34. The van der Waals surface area contributed by atoms with E-state index in [9.17, 15) is 0 Å². The van der Waals surface area contributed by atoms with Crippen molar-refractivity contribution in [1.82, 2.24) is 5.32 Å². The summed E-state index contributed by atoms with van der Waals surface area (Å²) in [6, 6.07) is 4.00. The minimum absolute atomic E-state index is 0.758. The monoisotopic (exact) mass is 327 g/mol. The summed E-state index contributed by atoms with van der Waals surface area (Å²) in [7, 11) is 3.32. The number of rotatable bonds is 6. The molecule has 0 unspecified atom stereocenters. The van der Waals surface area contributed by atoms with Crippen LogP contribution >= 0.6 is 15.9 Å². The maximum atomic E-state index is 5.34. The van der Waals surface area contributed by atoms with Crippen molar-refractivity contribution in [3.63, 3.8) is 0 Å². The molecule has 0 bridgehead atoms. The minimum atomic E-state index is 0.758. The van der Waals surface area contributed by atoms with E-state index >= 15 is 0 Å². The van der Waals surface area contributed by atoms with Crippen LogP contribution in [0.5, 0.6) is 11.5 Å². The van der Waals surface area contributed by atoms with Crippen molar-refractivity contribution in [2.24, 2.45) is 5.92 Å². The van der Waals surface area contributed by atoms with E-state index in [1.807, 2.05) is 12.1 Å². The van der Waals surface area contributed by atoms with Crippen molar-refractivity contribution < 1.29 is 9.47 Å². The molecular formula is C15H22BrNO2. The zero-order valence-corrected chi connectivity index (χ0v) is 13.3. The van der Waals surface area contributed by atoms with Crippen LogP contribution in [0.25, 0.3) is 0 Å². The molecule has 1 N–H and O–H groups in total. The predicted octanol–water partition coefficient (Wildman–Crippen LogP) is 3.75. The third-order valence-corrected chi connectivity index (χ3v) is 4.51. The van der Waals surface area contributed by atoms with Gasteiger partial charge in [-0.05, 0) is 43.0 Å². The Hall–Kier alpha value is -0.740. The molecule has 0 aliphatic heterocycles. The van der Waals surface area contributed by atoms with Gasteiger partial charge in [-0.1, -0.05) is 28.8 Å². The second-order valence-corrected chi connectivity index (χ2v) is 5.93. The van der Waals surface area contributed by atoms with Crippen molar-refractivity contribution in [3.8, 4) is 11.5 Å². The summed E-state index contributed by atoms with van der Waals surface area (Å²) in [5, 5.41) is 3.55. The van der Waals surface area contributed by atoms with Gasteiger partial charge in [0.05, 0.1) is 14.2 Å². The molecule has 0 spiro atoms. The fourth-order valence-electron chi connectivity index (χ4n) is 2.66. The van der Waals surface area contributed by atoms with E-state index in [1.54, 1.807) is 14.2 Å². The summed E-state index contributed by atoms with van der Waals surface area (Å²) in [5.41, 5.74) is 1.20. The van der Waals surface area contributed by atoms with E-state index in [-0.39, 0.29) is 0 Å². The summed E-state index contributed by atoms with van der Waals surface area (Å²) in [4.78, 5) is 0. The first-order valence-corrected chi connectivity index (χ1v) is 7.65. The molecule has 1 aliphatic rings. The molecule has 0 saturated heterocycles. The van der Waals surface area contributed by atoms with Crippen molar-refractivity contribution in [2.45, 2.75) is 32.2 Å². The lowest BCUT2D eigenvalue weighted by Crippen LogP contribution is -2.21. The van der Waals surface area contributed by atoms with Crippen LogP contribution in [0.1, 0.15) is 31.2 Å². The van der Waals surface area contributed by atoms with E-state index in [2.05, 4.69) is 21.2 Å². The third-order valence-electron chi connectivity index (χ3n) is 3.78. The van der Waals surface area contributed by atoms with E-state index < -0.39 is 0 Å². The van der Waals surface area contributed by atoms with E-state index in [1.165, 1.54) is 31.2 Å². The number of hydrogen-bond acceptors (Lipinski definition) is 3. The fraction of sp³-hybridized carbons (Fsp3) is 0.600.